The normalized spacial score (nSPS) is 32.6. The zero-order chi connectivity index (χ0) is 11.1. The van der Waals surface area contributed by atoms with Crippen molar-refractivity contribution in [2.45, 2.75) is 24.9 Å². The Morgan fingerprint density at radius 2 is 2.06 bits per heavy atom. The van der Waals surface area contributed by atoms with Crippen LogP contribution in [0.2, 0.25) is 0 Å². The molecule has 3 atom stereocenters. The smallest absolute Gasteiger partial charge is 0.162 e. The van der Waals surface area contributed by atoms with Crippen LogP contribution in [0.15, 0.2) is 24.3 Å². The van der Waals surface area contributed by atoms with Gasteiger partial charge in [0, 0.05) is 6.42 Å². The molecule has 0 aliphatic carbocycles. The summed E-state index contributed by atoms with van der Waals surface area (Å²) in [5.74, 6) is 0. The molecule has 3 nitrogen and oxygen atoms in total. The van der Waals surface area contributed by atoms with Crippen molar-refractivity contribution in [3.05, 3.63) is 35.4 Å². The van der Waals surface area contributed by atoms with Gasteiger partial charge in [0.2, 0.25) is 0 Å². The van der Waals surface area contributed by atoms with Gasteiger partial charge in [-0.15, -0.1) is 0 Å². The Balaban J connectivity index is 2.00. The molecule has 2 aliphatic rings. The topological polar surface area (TPSA) is 21.7 Å². The maximum absolute atomic E-state index is 5.96. The molecule has 0 amide bonds. The molecule has 86 valence electrons. The van der Waals surface area contributed by atoms with Gasteiger partial charge in [0.05, 0.1) is 12.6 Å². The van der Waals surface area contributed by atoms with Crippen molar-refractivity contribution >= 4 is 0 Å². The van der Waals surface area contributed by atoms with E-state index in [-0.39, 0.29) is 12.4 Å². The molecule has 3 rings (SSSR count). The molecule has 0 aromatic heterocycles. The van der Waals surface area contributed by atoms with Crippen LogP contribution < -0.4 is 0 Å². The first-order valence-electron chi connectivity index (χ1n) is 5.77. The molecule has 1 fully saturated rings. The van der Waals surface area contributed by atoms with Gasteiger partial charge in [0.25, 0.3) is 0 Å². The number of rotatable bonds is 1. The van der Waals surface area contributed by atoms with Gasteiger partial charge in [0.15, 0.2) is 6.29 Å². The fourth-order valence-corrected chi connectivity index (χ4v) is 2.57. The van der Waals surface area contributed by atoms with Gasteiger partial charge >= 0.3 is 0 Å². The summed E-state index contributed by atoms with van der Waals surface area (Å²) >= 11 is 0. The molecule has 2 heterocycles. The second-order valence-corrected chi connectivity index (χ2v) is 4.75. The van der Waals surface area contributed by atoms with Crippen molar-refractivity contribution in [2.75, 3.05) is 20.7 Å². The third-order valence-corrected chi connectivity index (χ3v) is 3.51. The molecular weight excluding hydrogens is 202 g/mol. The molecule has 2 aliphatic heterocycles. The third-order valence-electron chi connectivity index (χ3n) is 3.51. The van der Waals surface area contributed by atoms with E-state index in [1.807, 2.05) is 0 Å². The van der Waals surface area contributed by atoms with Crippen molar-refractivity contribution in [1.29, 1.82) is 0 Å². The predicted molar refractivity (Wildman–Crippen MR) is 61.2 cm³/mol. The Hall–Kier alpha value is -0.900. The van der Waals surface area contributed by atoms with Gasteiger partial charge in [-0.2, -0.15) is 0 Å². The van der Waals surface area contributed by atoms with Crippen molar-refractivity contribution in [3.8, 4) is 0 Å². The SMILES string of the molecule is CN(C)[C@@H]1CO[C@H]2Cc3ccccc3[C@@H]1O2. The lowest BCUT2D eigenvalue weighted by Gasteiger charge is -2.43. The Bertz CT molecular complexity index is 391. The van der Waals surface area contributed by atoms with Gasteiger partial charge in [-0.25, -0.2) is 0 Å². The quantitative estimate of drug-likeness (QED) is 0.716. The zero-order valence-corrected chi connectivity index (χ0v) is 9.72. The molecule has 16 heavy (non-hydrogen) atoms. The molecule has 1 aromatic rings. The maximum atomic E-state index is 5.96. The van der Waals surface area contributed by atoms with Crippen LogP contribution in [0.4, 0.5) is 0 Å². The highest BCUT2D eigenvalue weighted by Crippen LogP contribution is 2.37. The van der Waals surface area contributed by atoms with Gasteiger partial charge < -0.3 is 14.4 Å². The summed E-state index contributed by atoms with van der Waals surface area (Å²) in [6, 6.07) is 8.85. The first-order chi connectivity index (χ1) is 7.75. The monoisotopic (exact) mass is 219 g/mol. The van der Waals surface area contributed by atoms with Crippen molar-refractivity contribution < 1.29 is 9.47 Å². The highest BCUT2D eigenvalue weighted by atomic mass is 16.7. The second kappa shape index (κ2) is 3.84. The van der Waals surface area contributed by atoms with Crippen molar-refractivity contribution in [2.24, 2.45) is 0 Å². The highest BCUT2D eigenvalue weighted by molar-refractivity contribution is 5.32. The zero-order valence-electron chi connectivity index (χ0n) is 9.72. The fourth-order valence-electron chi connectivity index (χ4n) is 2.57. The summed E-state index contributed by atoms with van der Waals surface area (Å²) < 4.78 is 11.7. The van der Waals surface area contributed by atoms with E-state index in [4.69, 9.17) is 9.47 Å². The number of benzene rings is 1. The van der Waals surface area contributed by atoms with E-state index in [9.17, 15) is 0 Å². The molecule has 2 bridgehead atoms. The molecule has 0 saturated carbocycles. The fraction of sp³-hybridized carbons (Fsp3) is 0.538. The predicted octanol–water partition coefficient (Wildman–Crippen LogP) is 1.59. The summed E-state index contributed by atoms with van der Waals surface area (Å²) in [7, 11) is 4.16. The molecule has 1 saturated heterocycles. The van der Waals surface area contributed by atoms with Crippen molar-refractivity contribution in [1.82, 2.24) is 4.90 Å². The molecular formula is C13H17NO2. The van der Waals surface area contributed by atoms with E-state index in [1.165, 1.54) is 11.1 Å². The van der Waals surface area contributed by atoms with Gasteiger partial charge in [0.1, 0.15) is 6.10 Å². The second-order valence-electron chi connectivity index (χ2n) is 4.75. The Labute approximate surface area is 96.0 Å². The average molecular weight is 219 g/mol. The molecule has 1 aromatic carbocycles. The highest BCUT2D eigenvalue weighted by Gasteiger charge is 2.39. The standard InChI is InChI=1S/C13H17NO2/c1-14(2)11-8-15-12-7-9-5-3-4-6-10(9)13(11)16-12/h3-6,11-13H,7-8H2,1-2H3/t11-,12-,13+/m1/s1. The van der Waals surface area contributed by atoms with Crippen molar-refractivity contribution in [3.63, 3.8) is 0 Å². The molecule has 3 heteroatoms. The lowest BCUT2D eigenvalue weighted by Crippen LogP contribution is -2.49. The number of likely N-dealkylation sites (N-methyl/N-ethyl adjacent to an activating group) is 1. The van der Waals surface area contributed by atoms with Gasteiger partial charge in [-0.1, -0.05) is 24.3 Å². The van der Waals surface area contributed by atoms with Crippen LogP contribution in [0.5, 0.6) is 0 Å². The van der Waals surface area contributed by atoms with Crippen LogP contribution in [0, 0.1) is 0 Å². The van der Waals surface area contributed by atoms with Crippen LogP contribution >= 0.6 is 0 Å². The Morgan fingerprint density at radius 1 is 1.25 bits per heavy atom. The minimum absolute atomic E-state index is 0.0453. The average Bonchev–Trinajstić information content (AvgIpc) is 2.29. The largest absolute Gasteiger partial charge is 0.351 e. The first kappa shape index (κ1) is 10.3. The minimum Gasteiger partial charge on any atom is -0.351 e. The van der Waals surface area contributed by atoms with Gasteiger partial charge in [-0.3, -0.25) is 0 Å². The van der Waals surface area contributed by atoms with E-state index >= 15 is 0 Å². The van der Waals surface area contributed by atoms with Crippen LogP contribution in [-0.2, 0) is 15.9 Å². The minimum atomic E-state index is -0.0453. The number of hydrogen-bond acceptors (Lipinski definition) is 3. The molecule has 0 spiro atoms. The molecule has 0 radical (unpaired) electrons. The van der Waals surface area contributed by atoms with Gasteiger partial charge in [-0.05, 0) is 25.2 Å². The lowest BCUT2D eigenvalue weighted by molar-refractivity contribution is -0.245. The van der Waals surface area contributed by atoms with E-state index in [1.54, 1.807) is 0 Å². The van der Waals surface area contributed by atoms with Crippen LogP contribution in [-0.4, -0.2) is 37.9 Å². The Kier molecular flexibility index (Phi) is 2.46. The number of hydrogen-bond donors (Lipinski definition) is 0. The summed E-state index contributed by atoms with van der Waals surface area (Å²) in [5.41, 5.74) is 2.70. The summed E-state index contributed by atoms with van der Waals surface area (Å²) in [6.45, 7) is 0.761. The molecule has 0 N–H and O–H groups in total. The number of nitrogens with zero attached hydrogens (tertiary/aromatic N) is 1. The van der Waals surface area contributed by atoms with E-state index in [2.05, 4.69) is 43.3 Å². The van der Waals surface area contributed by atoms with E-state index < -0.39 is 0 Å². The van der Waals surface area contributed by atoms with E-state index in [0.29, 0.717) is 6.04 Å². The summed E-state index contributed by atoms with van der Waals surface area (Å²) in [6.07, 6.45) is 1.00. The maximum Gasteiger partial charge on any atom is 0.162 e. The Morgan fingerprint density at radius 3 is 2.88 bits per heavy atom. The number of fused-ring (bicyclic) bond motifs is 4. The van der Waals surface area contributed by atoms with Crippen LogP contribution in [0.1, 0.15) is 17.2 Å². The van der Waals surface area contributed by atoms with E-state index in [0.717, 1.165) is 13.0 Å². The number of ether oxygens (including phenoxy) is 2. The summed E-state index contributed by atoms with van der Waals surface area (Å²) in [5, 5.41) is 0. The molecule has 0 unspecified atom stereocenters. The van der Waals surface area contributed by atoms with Crippen LogP contribution in [0.25, 0.3) is 0 Å². The summed E-state index contributed by atoms with van der Waals surface area (Å²) in [4.78, 5) is 2.18. The third kappa shape index (κ3) is 1.56. The first-order valence-corrected chi connectivity index (χ1v) is 5.77. The van der Waals surface area contributed by atoms with Crippen LogP contribution in [0.3, 0.4) is 0 Å². The lowest BCUT2D eigenvalue weighted by atomic mass is 9.91.